The van der Waals surface area contributed by atoms with E-state index >= 15 is 0 Å². The molecule has 2 amide bonds. The molecule has 156 valence electrons. The third-order valence-electron chi connectivity index (χ3n) is 4.27. The number of hydrogen-bond donors (Lipinski definition) is 2. The average Bonchev–Trinajstić information content (AvgIpc) is 2.73. The fourth-order valence-corrected chi connectivity index (χ4v) is 4.39. The van der Waals surface area contributed by atoms with Gasteiger partial charge in [0, 0.05) is 18.7 Å². The van der Waals surface area contributed by atoms with E-state index in [-0.39, 0.29) is 35.7 Å². The molecule has 0 unspecified atom stereocenters. The third kappa shape index (κ3) is 5.55. The van der Waals surface area contributed by atoms with Gasteiger partial charge >= 0.3 is 0 Å². The van der Waals surface area contributed by atoms with Crippen LogP contribution in [-0.2, 0) is 21.2 Å². The van der Waals surface area contributed by atoms with E-state index in [1.807, 2.05) is 18.2 Å². The van der Waals surface area contributed by atoms with Crippen LogP contribution in [0, 0.1) is 0 Å². The van der Waals surface area contributed by atoms with Gasteiger partial charge < -0.3 is 4.74 Å². The predicted molar refractivity (Wildman–Crippen MR) is 109 cm³/mol. The molecule has 0 aliphatic heterocycles. The largest absolute Gasteiger partial charge is 0.495 e. The number of amides is 2. The van der Waals surface area contributed by atoms with E-state index < -0.39 is 21.8 Å². The van der Waals surface area contributed by atoms with Crippen LogP contribution in [0.2, 0.25) is 0 Å². The molecule has 0 saturated heterocycles. The highest BCUT2D eigenvalue weighted by Crippen LogP contribution is 2.27. The highest BCUT2D eigenvalue weighted by Gasteiger charge is 2.26. The fourth-order valence-electron chi connectivity index (χ4n) is 2.75. The van der Waals surface area contributed by atoms with Crippen LogP contribution in [0.4, 0.5) is 0 Å². The van der Waals surface area contributed by atoms with Crippen LogP contribution < -0.4 is 15.6 Å². The first kappa shape index (κ1) is 22.4. The van der Waals surface area contributed by atoms with E-state index in [2.05, 4.69) is 10.9 Å². The average molecular weight is 420 g/mol. The molecule has 2 N–H and O–H groups in total. The third-order valence-corrected chi connectivity index (χ3v) is 6.34. The van der Waals surface area contributed by atoms with Crippen LogP contribution >= 0.6 is 0 Å². The molecule has 2 rings (SSSR count). The van der Waals surface area contributed by atoms with E-state index in [0.717, 1.165) is 5.56 Å². The van der Waals surface area contributed by atoms with Crippen molar-refractivity contribution in [2.24, 2.45) is 0 Å². The predicted octanol–water partition coefficient (Wildman–Crippen LogP) is 1.73. The summed E-state index contributed by atoms with van der Waals surface area (Å²) in [7, 11) is -2.47. The van der Waals surface area contributed by atoms with Gasteiger partial charge in [-0.3, -0.25) is 20.4 Å². The SMILES string of the molecule is CCN(CC)S(=O)(=O)c1cc(C(=O)NNC(=O)Cc2ccccc2)ccc1OC. The zero-order valence-corrected chi connectivity index (χ0v) is 17.5. The number of carbonyl (C=O) groups excluding carboxylic acids is 2. The molecule has 0 saturated carbocycles. The molecule has 0 spiro atoms. The Hall–Kier alpha value is -2.91. The second-order valence-electron chi connectivity index (χ2n) is 6.12. The number of nitrogens with one attached hydrogen (secondary N) is 2. The number of methoxy groups -OCH3 is 1. The number of benzene rings is 2. The molecule has 0 aliphatic rings. The Kier molecular flexibility index (Phi) is 7.74. The van der Waals surface area contributed by atoms with Crippen LogP contribution in [0.5, 0.6) is 5.75 Å². The normalized spacial score (nSPS) is 11.2. The first-order chi connectivity index (χ1) is 13.8. The summed E-state index contributed by atoms with van der Waals surface area (Å²) >= 11 is 0. The summed E-state index contributed by atoms with van der Waals surface area (Å²) in [6.45, 7) is 4.03. The van der Waals surface area contributed by atoms with Gasteiger partial charge in [0.05, 0.1) is 13.5 Å². The molecular weight excluding hydrogens is 394 g/mol. The Morgan fingerprint density at radius 1 is 1.00 bits per heavy atom. The van der Waals surface area contributed by atoms with Gasteiger partial charge in [-0.05, 0) is 23.8 Å². The highest BCUT2D eigenvalue weighted by atomic mass is 32.2. The Morgan fingerprint density at radius 3 is 2.24 bits per heavy atom. The Balaban J connectivity index is 2.16. The summed E-state index contributed by atoms with van der Waals surface area (Å²) in [5, 5.41) is 0. The lowest BCUT2D eigenvalue weighted by atomic mass is 10.1. The molecular formula is C20H25N3O5S. The minimum absolute atomic E-state index is 0.0801. The monoisotopic (exact) mass is 419 g/mol. The van der Waals surface area contributed by atoms with E-state index in [1.54, 1.807) is 26.0 Å². The highest BCUT2D eigenvalue weighted by molar-refractivity contribution is 7.89. The standard InChI is InChI=1S/C20H25N3O5S/c1-4-23(5-2)29(26,27)18-14-16(11-12-17(18)28-3)20(25)22-21-19(24)13-15-9-7-6-8-10-15/h6-12,14H,4-5,13H2,1-3H3,(H,21,24)(H,22,25). The number of hydrogen-bond acceptors (Lipinski definition) is 5. The van der Waals surface area contributed by atoms with Gasteiger partial charge in [-0.25, -0.2) is 8.42 Å². The van der Waals surface area contributed by atoms with Gasteiger partial charge in [-0.2, -0.15) is 4.31 Å². The van der Waals surface area contributed by atoms with Gasteiger partial charge in [-0.1, -0.05) is 44.2 Å². The van der Waals surface area contributed by atoms with Crippen molar-refractivity contribution >= 4 is 21.8 Å². The van der Waals surface area contributed by atoms with E-state index in [1.165, 1.54) is 29.6 Å². The van der Waals surface area contributed by atoms with Crippen molar-refractivity contribution in [2.75, 3.05) is 20.2 Å². The number of hydrazine groups is 1. The number of rotatable bonds is 8. The van der Waals surface area contributed by atoms with Gasteiger partial charge in [-0.15, -0.1) is 0 Å². The van der Waals surface area contributed by atoms with Crippen molar-refractivity contribution in [1.29, 1.82) is 0 Å². The summed E-state index contributed by atoms with van der Waals surface area (Å²) in [4.78, 5) is 24.3. The van der Waals surface area contributed by atoms with E-state index in [0.29, 0.717) is 0 Å². The molecule has 0 radical (unpaired) electrons. The Bertz CT molecular complexity index is 957. The van der Waals surface area contributed by atoms with Crippen LogP contribution in [0.15, 0.2) is 53.4 Å². The summed E-state index contributed by atoms with van der Waals surface area (Å²) < 4.78 is 32.2. The topological polar surface area (TPSA) is 105 Å². The molecule has 2 aromatic rings. The van der Waals surface area contributed by atoms with Crippen LogP contribution in [-0.4, -0.2) is 44.7 Å². The minimum Gasteiger partial charge on any atom is -0.495 e. The Morgan fingerprint density at radius 2 is 1.66 bits per heavy atom. The maximum absolute atomic E-state index is 12.9. The van der Waals surface area contributed by atoms with Crippen molar-refractivity contribution in [3.63, 3.8) is 0 Å². The lowest BCUT2D eigenvalue weighted by molar-refractivity contribution is -0.121. The maximum atomic E-state index is 12.9. The quantitative estimate of drug-likeness (QED) is 0.634. The maximum Gasteiger partial charge on any atom is 0.269 e. The number of nitrogens with zero attached hydrogens (tertiary/aromatic N) is 1. The molecule has 29 heavy (non-hydrogen) atoms. The van der Waals surface area contributed by atoms with Gasteiger partial charge in [0.25, 0.3) is 5.91 Å². The number of sulfonamides is 1. The molecule has 0 aliphatic carbocycles. The van der Waals surface area contributed by atoms with Crippen molar-refractivity contribution in [3.8, 4) is 5.75 Å². The van der Waals surface area contributed by atoms with Crippen molar-refractivity contribution < 1.29 is 22.7 Å². The lowest BCUT2D eigenvalue weighted by Crippen LogP contribution is -2.42. The smallest absolute Gasteiger partial charge is 0.269 e. The molecule has 0 fully saturated rings. The van der Waals surface area contributed by atoms with Crippen LogP contribution in [0.3, 0.4) is 0 Å². The molecule has 0 bridgehead atoms. The number of ether oxygens (including phenoxy) is 1. The second-order valence-corrected chi connectivity index (χ2v) is 8.03. The fraction of sp³-hybridized carbons (Fsp3) is 0.300. The first-order valence-corrected chi connectivity index (χ1v) is 10.6. The summed E-state index contributed by atoms with van der Waals surface area (Å²) in [5.41, 5.74) is 5.52. The zero-order chi connectivity index (χ0) is 21.4. The van der Waals surface area contributed by atoms with Crippen LogP contribution in [0.1, 0.15) is 29.8 Å². The molecule has 9 heteroatoms. The van der Waals surface area contributed by atoms with Crippen molar-refractivity contribution in [2.45, 2.75) is 25.2 Å². The van der Waals surface area contributed by atoms with Gasteiger partial charge in [0.15, 0.2) is 0 Å². The lowest BCUT2D eigenvalue weighted by Gasteiger charge is -2.20. The first-order valence-electron chi connectivity index (χ1n) is 9.14. The summed E-state index contributed by atoms with van der Waals surface area (Å²) in [5.74, 6) is -0.888. The molecule has 0 heterocycles. The molecule has 0 aromatic heterocycles. The molecule has 8 nitrogen and oxygen atoms in total. The van der Waals surface area contributed by atoms with E-state index in [9.17, 15) is 18.0 Å². The van der Waals surface area contributed by atoms with Gasteiger partial charge in [0.1, 0.15) is 10.6 Å². The van der Waals surface area contributed by atoms with Crippen LogP contribution in [0.25, 0.3) is 0 Å². The zero-order valence-electron chi connectivity index (χ0n) is 16.6. The molecule has 0 atom stereocenters. The van der Waals surface area contributed by atoms with Gasteiger partial charge in [0.2, 0.25) is 15.9 Å². The van der Waals surface area contributed by atoms with E-state index in [4.69, 9.17) is 4.74 Å². The van der Waals surface area contributed by atoms with Crippen molar-refractivity contribution in [1.82, 2.24) is 15.2 Å². The van der Waals surface area contributed by atoms with Crippen molar-refractivity contribution in [3.05, 3.63) is 59.7 Å². The second kappa shape index (κ2) is 10.0. The minimum atomic E-state index is -3.83. The Labute approximate surface area is 170 Å². The molecule has 2 aromatic carbocycles. The number of carbonyl (C=O) groups is 2. The summed E-state index contributed by atoms with van der Waals surface area (Å²) in [6, 6.07) is 13.2. The summed E-state index contributed by atoms with van der Waals surface area (Å²) in [6.07, 6.45) is 0.103.